The molecule has 1 aromatic carbocycles. The molecule has 0 fully saturated rings. The van der Waals surface area contributed by atoms with Crippen LogP contribution in [0.15, 0.2) is 41.3 Å². The molecule has 0 saturated carbocycles. The number of carboxylic acid groups (broad SMARTS) is 1. The third-order valence-corrected chi connectivity index (χ3v) is 4.46. The number of hydrazine groups is 1. The fourth-order valence-corrected chi connectivity index (χ4v) is 2.90. The monoisotopic (exact) mass is 435 g/mol. The molecule has 0 aliphatic heterocycles. The number of halogens is 1. The van der Waals surface area contributed by atoms with Gasteiger partial charge >= 0.3 is 5.97 Å². The van der Waals surface area contributed by atoms with Crippen LogP contribution in [-0.4, -0.2) is 34.0 Å². The van der Waals surface area contributed by atoms with E-state index in [0.717, 1.165) is 0 Å². The lowest BCUT2D eigenvalue weighted by Gasteiger charge is -2.23. The molecule has 1 aromatic heterocycles. The minimum atomic E-state index is -1.15. The Balaban J connectivity index is 2.27. The smallest absolute Gasteiger partial charge is 0.319 e. The van der Waals surface area contributed by atoms with E-state index in [4.69, 9.17) is 22.4 Å². The number of anilines is 2. The highest BCUT2D eigenvalue weighted by molar-refractivity contribution is 6.33. The van der Waals surface area contributed by atoms with Gasteiger partial charge in [-0.05, 0) is 36.2 Å². The summed E-state index contributed by atoms with van der Waals surface area (Å²) in [4.78, 5) is 48.5. The maximum absolute atomic E-state index is 12.9. The van der Waals surface area contributed by atoms with Crippen molar-refractivity contribution in [2.75, 3.05) is 17.6 Å². The van der Waals surface area contributed by atoms with Gasteiger partial charge in [-0.1, -0.05) is 25.4 Å². The van der Waals surface area contributed by atoms with Crippen LogP contribution in [0, 0.1) is 5.92 Å². The van der Waals surface area contributed by atoms with Crippen LogP contribution in [-0.2, 0) is 9.59 Å². The van der Waals surface area contributed by atoms with Crippen LogP contribution in [0.1, 0.15) is 30.2 Å². The van der Waals surface area contributed by atoms with Gasteiger partial charge in [0.05, 0.1) is 10.7 Å². The van der Waals surface area contributed by atoms with Crippen LogP contribution in [0.25, 0.3) is 0 Å². The molecular weight excluding hydrogens is 414 g/mol. The summed E-state index contributed by atoms with van der Waals surface area (Å²) in [5, 5.41) is 11.4. The van der Waals surface area contributed by atoms with Crippen LogP contribution in [0.3, 0.4) is 0 Å². The molecule has 10 nitrogen and oxygen atoms in total. The Hall–Kier alpha value is -3.37. The number of nitrogen functional groups attached to an aromatic ring is 1. The van der Waals surface area contributed by atoms with Crippen molar-refractivity contribution >= 4 is 40.8 Å². The normalized spacial score (nSPS) is 11.7. The van der Waals surface area contributed by atoms with Gasteiger partial charge in [0.2, 0.25) is 0 Å². The summed E-state index contributed by atoms with van der Waals surface area (Å²) in [7, 11) is 0. The van der Waals surface area contributed by atoms with E-state index in [9.17, 15) is 19.2 Å². The Bertz CT molecular complexity index is 1020. The molecule has 0 bridgehead atoms. The third kappa shape index (κ3) is 5.58. The number of carbonyl (C=O) groups excluding carboxylic acids is 2. The van der Waals surface area contributed by atoms with Gasteiger partial charge in [-0.15, -0.1) is 0 Å². The van der Waals surface area contributed by atoms with E-state index < -0.39 is 35.9 Å². The van der Waals surface area contributed by atoms with Crippen LogP contribution in [0.4, 0.5) is 11.4 Å². The van der Waals surface area contributed by atoms with E-state index in [1.807, 2.05) is 0 Å². The average molecular weight is 436 g/mol. The summed E-state index contributed by atoms with van der Waals surface area (Å²) in [5.74, 6) is -2.63. The number of hydrogen-bond donors (Lipinski definition) is 5. The first-order valence-corrected chi connectivity index (χ1v) is 9.31. The SMILES string of the molecule is CC(C)C(C(=O)NNCC(=O)O)n1cccc(NC(=O)c2ccc(N)c(Cl)c2)c1=O. The van der Waals surface area contributed by atoms with Crippen molar-refractivity contribution in [2.45, 2.75) is 19.9 Å². The summed E-state index contributed by atoms with van der Waals surface area (Å²) in [5.41, 5.74) is 10.1. The quantitative estimate of drug-likeness (QED) is 0.308. The Labute approximate surface area is 177 Å². The van der Waals surface area contributed by atoms with Crippen molar-refractivity contribution in [1.82, 2.24) is 15.4 Å². The Morgan fingerprint density at radius 1 is 1.23 bits per heavy atom. The Morgan fingerprint density at radius 3 is 2.53 bits per heavy atom. The maximum atomic E-state index is 12.9. The summed E-state index contributed by atoms with van der Waals surface area (Å²) in [6.45, 7) is 2.98. The van der Waals surface area contributed by atoms with E-state index in [1.54, 1.807) is 13.8 Å². The number of hydrogen-bond acceptors (Lipinski definition) is 6. The van der Waals surface area contributed by atoms with E-state index in [1.165, 1.54) is 41.1 Å². The number of amides is 2. The number of benzene rings is 1. The van der Waals surface area contributed by atoms with E-state index in [0.29, 0.717) is 5.69 Å². The molecule has 1 heterocycles. The van der Waals surface area contributed by atoms with Gasteiger partial charge in [0, 0.05) is 11.8 Å². The molecule has 0 radical (unpaired) electrons. The van der Waals surface area contributed by atoms with Gasteiger partial charge in [0.25, 0.3) is 17.4 Å². The highest BCUT2D eigenvalue weighted by Crippen LogP contribution is 2.21. The number of pyridine rings is 1. The highest BCUT2D eigenvalue weighted by Gasteiger charge is 2.26. The Kier molecular flexibility index (Phi) is 7.56. The standard InChI is InChI=1S/C19H22ClN5O5/c1-10(2)16(18(29)24-22-9-15(26)27)25-7-3-4-14(19(25)30)23-17(28)11-5-6-13(21)12(20)8-11/h3-8,10,16,22H,9,21H2,1-2H3,(H,23,28)(H,24,29)(H,26,27). The number of aromatic nitrogens is 1. The van der Waals surface area contributed by atoms with Crippen molar-refractivity contribution in [3.8, 4) is 0 Å². The van der Waals surface area contributed by atoms with Crippen molar-refractivity contribution in [1.29, 1.82) is 0 Å². The van der Waals surface area contributed by atoms with Crippen molar-refractivity contribution in [3.05, 3.63) is 57.5 Å². The van der Waals surface area contributed by atoms with E-state index in [-0.39, 0.29) is 22.2 Å². The molecule has 6 N–H and O–H groups in total. The number of nitrogens with two attached hydrogens (primary N) is 1. The predicted molar refractivity (Wildman–Crippen MR) is 112 cm³/mol. The van der Waals surface area contributed by atoms with Gasteiger partial charge in [-0.25, -0.2) is 5.43 Å². The zero-order valence-corrected chi connectivity index (χ0v) is 17.1. The van der Waals surface area contributed by atoms with Crippen molar-refractivity contribution in [3.63, 3.8) is 0 Å². The van der Waals surface area contributed by atoms with Crippen LogP contribution in [0.5, 0.6) is 0 Å². The fourth-order valence-electron chi connectivity index (χ4n) is 2.72. The minimum absolute atomic E-state index is 0.0348. The molecule has 30 heavy (non-hydrogen) atoms. The van der Waals surface area contributed by atoms with Gasteiger partial charge in [0.15, 0.2) is 0 Å². The first kappa shape index (κ1) is 22.9. The number of rotatable bonds is 8. The summed E-state index contributed by atoms with van der Waals surface area (Å²) < 4.78 is 1.17. The third-order valence-electron chi connectivity index (χ3n) is 4.14. The van der Waals surface area contributed by atoms with Crippen LogP contribution < -0.4 is 27.5 Å². The molecule has 2 aromatic rings. The molecule has 0 saturated heterocycles. The number of carboxylic acids is 1. The second-order valence-corrected chi connectivity index (χ2v) is 7.16. The van der Waals surface area contributed by atoms with E-state index >= 15 is 0 Å². The zero-order valence-electron chi connectivity index (χ0n) is 16.3. The molecule has 1 unspecified atom stereocenters. The van der Waals surface area contributed by atoms with Gasteiger partial charge < -0.3 is 20.7 Å². The van der Waals surface area contributed by atoms with Gasteiger partial charge in [-0.2, -0.15) is 0 Å². The van der Waals surface area contributed by atoms with Crippen LogP contribution in [0.2, 0.25) is 5.02 Å². The number of aliphatic carboxylic acids is 1. The molecule has 0 spiro atoms. The average Bonchev–Trinajstić information content (AvgIpc) is 2.66. The van der Waals surface area contributed by atoms with Gasteiger partial charge in [-0.3, -0.25) is 24.6 Å². The predicted octanol–water partition coefficient (Wildman–Crippen LogP) is 1.24. The van der Waals surface area contributed by atoms with Crippen molar-refractivity contribution in [2.24, 2.45) is 5.92 Å². The summed E-state index contributed by atoms with van der Waals surface area (Å²) in [6, 6.07) is 6.31. The van der Waals surface area contributed by atoms with Crippen molar-refractivity contribution < 1.29 is 19.5 Å². The lowest BCUT2D eigenvalue weighted by atomic mass is 10.0. The summed E-state index contributed by atoms with van der Waals surface area (Å²) >= 11 is 5.93. The summed E-state index contributed by atoms with van der Waals surface area (Å²) in [6.07, 6.45) is 1.42. The minimum Gasteiger partial charge on any atom is -0.480 e. The zero-order chi connectivity index (χ0) is 22.4. The van der Waals surface area contributed by atoms with Gasteiger partial charge in [0.1, 0.15) is 18.3 Å². The molecule has 1 atom stereocenters. The molecule has 2 amide bonds. The molecule has 11 heteroatoms. The second-order valence-electron chi connectivity index (χ2n) is 6.75. The van der Waals surface area contributed by atoms with E-state index in [2.05, 4.69) is 16.2 Å². The molecule has 0 aliphatic carbocycles. The Morgan fingerprint density at radius 2 is 1.93 bits per heavy atom. The molecule has 0 aliphatic rings. The number of nitrogens with zero attached hydrogens (tertiary/aromatic N) is 1. The second kappa shape index (κ2) is 9.90. The lowest BCUT2D eigenvalue weighted by molar-refractivity contribution is -0.136. The number of nitrogens with one attached hydrogen (secondary N) is 3. The van der Waals surface area contributed by atoms with Crippen LogP contribution >= 0.6 is 11.6 Å². The highest BCUT2D eigenvalue weighted by atomic mass is 35.5. The molecule has 2 rings (SSSR count). The number of carbonyl (C=O) groups is 3. The lowest BCUT2D eigenvalue weighted by Crippen LogP contribution is -2.47. The first-order valence-electron chi connectivity index (χ1n) is 8.93. The maximum Gasteiger partial charge on any atom is 0.319 e. The molecule has 160 valence electrons. The molecular formula is C19H22ClN5O5. The topological polar surface area (TPSA) is 156 Å². The largest absolute Gasteiger partial charge is 0.480 e. The fraction of sp³-hybridized carbons (Fsp3) is 0.263. The first-order chi connectivity index (χ1) is 14.1.